The van der Waals surface area contributed by atoms with E-state index in [1.807, 2.05) is 24.3 Å². The van der Waals surface area contributed by atoms with Gasteiger partial charge in [0.15, 0.2) is 5.78 Å². The number of carbonyl (C=O) groups is 2. The number of hydrogen-bond acceptors (Lipinski definition) is 3. The maximum absolute atomic E-state index is 13.5. The van der Waals surface area contributed by atoms with Crippen LogP contribution in [0.1, 0.15) is 69.9 Å². The average Bonchev–Trinajstić information content (AvgIpc) is 2.72. The van der Waals surface area contributed by atoms with Crippen molar-refractivity contribution in [2.75, 3.05) is 12.0 Å². The Kier molecular flexibility index (Phi) is 5.50. The molecule has 0 spiro atoms. The van der Waals surface area contributed by atoms with Gasteiger partial charge in [-0.25, -0.2) is 0 Å². The summed E-state index contributed by atoms with van der Waals surface area (Å²) in [7, 11) is 1.62. The van der Waals surface area contributed by atoms with Crippen LogP contribution in [-0.2, 0) is 9.59 Å². The number of hydrogen-bond donors (Lipinski definition) is 0. The largest absolute Gasteiger partial charge is 0.497 e. The van der Waals surface area contributed by atoms with Crippen molar-refractivity contribution in [3.05, 3.63) is 70.9 Å². The Morgan fingerprint density at radius 3 is 2.39 bits per heavy atom. The van der Waals surface area contributed by atoms with Crippen molar-refractivity contribution < 1.29 is 14.3 Å². The molecule has 1 amide bonds. The zero-order valence-electron chi connectivity index (χ0n) is 19.1. The first-order chi connectivity index (χ1) is 14.7. The highest BCUT2D eigenvalue weighted by molar-refractivity contribution is 6.07. The van der Waals surface area contributed by atoms with E-state index in [-0.39, 0.29) is 23.0 Å². The van der Waals surface area contributed by atoms with E-state index in [1.165, 1.54) is 5.56 Å². The van der Waals surface area contributed by atoms with E-state index < -0.39 is 0 Å². The average molecular weight is 418 g/mol. The lowest BCUT2D eigenvalue weighted by molar-refractivity contribution is -0.121. The highest BCUT2D eigenvalue weighted by atomic mass is 16.5. The SMILES string of the molecule is COc1cccc(N2C(=O)CC(c3ccc(C(C)C)cc3)C3=C2CC(C)(C)CC3=O)c1. The fourth-order valence-corrected chi connectivity index (χ4v) is 4.86. The van der Waals surface area contributed by atoms with Gasteiger partial charge >= 0.3 is 0 Å². The van der Waals surface area contributed by atoms with Crippen molar-refractivity contribution in [2.24, 2.45) is 5.41 Å². The molecule has 4 nitrogen and oxygen atoms in total. The van der Waals surface area contributed by atoms with Gasteiger partial charge in [-0.15, -0.1) is 0 Å². The quantitative estimate of drug-likeness (QED) is 0.614. The molecule has 1 atom stereocenters. The van der Waals surface area contributed by atoms with Crippen molar-refractivity contribution >= 4 is 17.4 Å². The zero-order chi connectivity index (χ0) is 22.3. The van der Waals surface area contributed by atoms with Gasteiger partial charge in [-0.3, -0.25) is 14.5 Å². The second-order valence-corrected chi connectivity index (χ2v) is 9.81. The molecule has 31 heavy (non-hydrogen) atoms. The molecule has 0 saturated carbocycles. The lowest BCUT2D eigenvalue weighted by Crippen LogP contribution is -2.43. The summed E-state index contributed by atoms with van der Waals surface area (Å²) in [6.07, 6.45) is 1.49. The number of amides is 1. The Morgan fingerprint density at radius 2 is 1.74 bits per heavy atom. The molecule has 1 heterocycles. The monoisotopic (exact) mass is 417 g/mol. The van der Waals surface area contributed by atoms with Gasteiger partial charge in [-0.2, -0.15) is 0 Å². The summed E-state index contributed by atoms with van der Waals surface area (Å²) in [5, 5.41) is 0. The second-order valence-electron chi connectivity index (χ2n) is 9.81. The lowest BCUT2D eigenvalue weighted by atomic mass is 9.69. The Hall–Kier alpha value is -2.88. The van der Waals surface area contributed by atoms with Crippen LogP contribution >= 0.6 is 0 Å². The van der Waals surface area contributed by atoms with Gasteiger partial charge in [-0.05, 0) is 41.0 Å². The number of benzene rings is 2. The Balaban J connectivity index is 1.85. The molecule has 2 aromatic rings. The minimum Gasteiger partial charge on any atom is -0.497 e. The number of ether oxygens (including phenoxy) is 1. The normalized spacial score (nSPS) is 20.8. The molecule has 1 aliphatic carbocycles. The summed E-state index contributed by atoms with van der Waals surface area (Å²) in [5.41, 5.74) is 4.54. The first kappa shape index (κ1) is 21.4. The zero-order valence-corrected chi connectivity index (χ0v) is 19.1. The molecule has 1 unspecified atom stereocenters. The van der Waals surface area contributed by atoms with E-state index in [9.17, 15) is 9.59 Å². The molecule has 0 radical (unpaired) electrons. The summed E-state index contributed by atoms with van der Waals surface area (Å²) < 4.78 is 5.38. The molecule has 0 saturated heterocycles. The molecule has 4 rings (SSSR count). The van der Waals surface area contributed by atoms with E-state index >= 15 is 0 Å². The van der Waals surface area contributed by atoms with E-state index in [0.29, 0.717) is 30.9 Å². The van der Waals surface area contributed by atoms with E-state index in [4.69, 9.17) is 4.74 Å². The van der Waals surface area contributed by atoms with Crippen molar-refractivity contribution in [3.63, 3.8) is 0 Å². The third-order valence-corrected chi connectivity index (χ3v) is 6.46. The topological polar surface area (TPSA) is 46.6 Å². The maximum Gasteiger partial charge on any atom is 0.232 e. The third-order valence-electron chi connectivity index (χ3n) is 6.46. The fraction of sp³-hybridized carbons (Fsp3) is 0.407. The molecule has 0 fully saturated rings. The summed E-state index contributed by atoms with van der Waals surface area (Å²) >= 11 is 0. The van der Waals surface area contributed by atoms with Crippen LogP contribution in [0.4, 0.5) is 5.69 Å². The van der Waals surface area contributed by atoms with Crippen molar-refractivity contribution in [2.45, 2.75) is 58.8 Å². The number of rotatable bonds is 4. The minimum absolute atomic E-state index is 0.0236. The van der Waals surface area contributed by atoms with Crippen molar-refractivity contribution in [1.29, 1.82) is 0 Å². The van der Waals surface area contributed by atoms with Crippen LogP contribution in [-0.4, -0.2) is 18.8 Å². The highest BCUT2D eigenvalue weighted by Gasteiger charge is 2.44. The predicted molar refractivity (Wildman–Crippen MR) is 123 cm³/mol. The highest BCUT2D eigenvalue weighted by Crippen LogP contribution is 2.48. The Labute approximate surface area is 184 Å². The molecule has 1 aliphatic heterocycles. The van der Waals surface area contributed by atoms with Crippen LogP contribution in [0.25, 0.3) is 0 Å². The number of allylic oxidation sites excluding steroid dienone is 2. The molecule has 162 valence electrons. The lowest BCUT2D eigenvalue weighted by Gasteiger charge is -2.43. The number of ketones is 1. The van der Waals surface area contributed by atoms with Gasteiger partial charge in [0.05, 0.1) is 12.8 Å². The van der Waals surface area contributed by atoms with Crippen molar-refractivity contribution in [3.8, 4) is 5.75 Å². The van der Waals surface area contributed by atoms with Crippen LogP contribution in [0, 0.1) is 5.41 Å². The Bertz CT molecular complexity index is 1050. The number of nitrogens with zero attached hydrogens (tertiary/aromatic N) is 1. The molecule has 0 N–H and O–H groups in total. The molecule has 2 aliphatic rings. The van der Waals surface area contributed by atoms with Crippen molar-refractivity contribution in [1.82, 2.24) is 0 Å². The molecule has 4 heteroatoms. The van der Waals surface area contributed by atoms with Crippen LogP contribution in [0.2, 0.25) is 0 Å². The molecule has 0 bridgehead atoms. The number of anilines is 1. The van der Waals surface area contributed by atoms with Crippen LogP contribution < -0.4 is 9.64 Å². The predicted octanol–water partition coefficient (Wildman–Crippen LogP) is 5.98. The first-order valence-corrected chi connectivity index (χ1v) is 11.0. The Morgan fingerprint density at radius 1 is 1.03 bits per heavy atom. The van der Waals surface area contributed by atoms with Crippen LogP contribution in [0.15, 0.2) is 59.8 Å². The number of methoxy groups -OCH3 is 1. The van der Waals surface area contributed by atoms with E-state index in [0.717, 1.165) is 22.5 Å². The molecule has 2 aromatic carbocycles. The van der Waals surface area contributed by atoms with E-state index in [1.54, 1.807) is 12.0 Å². The summed E-state index contributed by atoms with van der Waals surface area (Å²) in [6, 6.07) is 15.9. The first-order valence-electron chi connectivity index (χ1n) is 11.0. The van der Waals surface area contributed by atoms with Gasteiger partial charge in [-0.1, -0.05) is 58.0 Å². The summed E-state index contributed by atoms with van der Waals surface area (Å²) in [5.74, 6) is 1.13. The minimum atomic E-state index is -0.186. The van der Waals surface area contributed by atoms with Gasteiger partial charge in [0.1, 0.15) is 5.75 Å². The molecule has 0 aromatic heterocycles. The number of Topliss-reactive ketones (excluding diaryl/α,β-unsaturated/α-hetero) is 1. The fourth-order valence-electron chi connectivity index (χ4n) is 4.86. The number of carbonyl (C=O) groups excluding carboxylic acids is 2. The molecular formula is C27H31NO3. The van der Waals surface area contributed by atoms with Gasteiger partial charge in [0.2, 0.25) is 5.91 Å². The maximum atomic E-state index is 13.5. The summed E-state index contributed by atoms with van der Waals surface area (Å²) in [6.45, 7) is 8.53. The van der Waals surface area contributed by atoms with Gasteiger partial charge in [0, 0.05) is 36.1 Å². The smallest absolute Gasteiger partial charge is 0.232 e. The van der Waals surface area contributed by atoms with Gasteiger partial charge in [0.25, 0.3) is 0 Å². The van der Waals surface area contributed by atoms with Gasteiger partial charge < -0.3 is 4.74 Å². The summed E-state index contributed by atoms with van der Waals surface area (Å²) in [4.78, 5) is 28.6. The molecular weight excluding hydrogens is 386 g/mol. The third kappa shape index (κ3) is 4.04. The standard InChI is InChI=1S/C27H31NO3/c1-17(2)18-9-11-19(12-10-18)22-14-25(30)28(20-7-6-8-21(13-20)31-5)23-15-27(3,4)16-24(29)26(22)23/h6-13,17,22H,14-16H2,1-5H3. The van der Waals surface area contributed by atoms with Crippen LogP contribution in [0.5, 0.6) is 5.75 Å². The van der Waals surface area contributed by atoms with E-state index in [2.05, 4.69) is 52.0 Å². The second kappa shape index (κ2) is 7.99. The van der Waals surface area contributed by atoms with Crippen LogP contribution in [0.3, 0.4) is 0 Å².